The molecule has 0 aromatic heterocycles. The van der Waals surface area contributed by atoms with Gasteiger partial charge in [-0.15, -0.1) is 0 Å². The quantitative estimate of drug-likeness (QED) is 0.414. The smallest absolute Gasteiger partial charge is 0.330 e. The highest BCUT2D eigenvalue weighted by Gasteiger charge is 2.18. The molecule has 14 heavy (non-hydrogen) atoms. The Morgan fingerprint density at radius 1 is 1.71 bits per heavy atom. The molecule has 1 N–H and O–H groups in total. The third-order valence-corrected chi connectivity index (χ3v) is 2.30. The van der Waals surface area contributed by atoms with Gasteiger partial charge in [0, 0.05) is 6.08 Å². The fraction of sp³-hybridized carbons (Fsp3) is 0.545. The zero-order chi connectivity index (χ0) is 10.6. The van der Waals surface area contributed by atoms with E-state index >= 15 is 0 Å². The lowest BCUT2D eigenvalue weighted by molar-refractivity contribution is -0.137. The Kier molecular flexibility index (Phi) is 3.89. The maximum absolute atomic E-state index is 11.1. The van der Waals surface area contributed by atoms with Crippen LogP contribution in [0.3, 0.4) is 0 Å². The molecule has 3 nitrogen and oxygen atoms in total. The van der Waals surface area contributed by atoms with E-state index in [1.807, 2.05) is 0 Å². The number of hydrogen-bond acceptors (Lipinski definition) is 3. The molecule has 1 rings (SSSR count). The first-order valence-electron chi connectivity index (χ1n) is 4.85. The molecule has 0 saturated heterocycles. The second kappa shape index (κ2) is 4.96. The van der Waals surface area contributed by atoms with Crippen LogP contribution >= 0.6 is 0 Å². The Hall–Kier alpha value is -1.09. The lowest BCUT2D eigenvalue weighted by Crippen LogP contribution is -2.17. The Balaban J connectivity index is 2.53. The molecule has 3 heteroatoms. The normalized spacial score (nSPS) is 25.1. The zero-order valence-electron chi connectivity index (χ0n) is 8.45. The highest BCUT2D eigenvalue weighted by Crippen LogP contribution is 2.26. The SMILES string of the molecule is C=C1CC/C(=C/C(=O)OCC)C[C@H]1O. The predicted octanol–water partition coefficient (Wildman–Crippen LogP) is 1.58. The van der Waals surface area contributed by atoms with E-state index in [0.29, 0.717) is 13.0 Å². The Labute approximate surface area is 84.1 Å². The van der Waals surface area contributed by atoms with E-state index in [1.165, 1.54) is 6.08 Å². The van der Waals surface area contributed by atoms with E-state index in [4.69, 9.17) is 4.74 Å². The van der Waals surface area contributed by atoms with Crippen LogP contribution in [0.1, 0.15) is 26.2 Å². The van der Waals surface area contributed by atoms with Crippen molar-refractivity contribution in [2.45, 2.75) is 32.3 Å². The van der Waals surface area contributed by atoms with E-state index in [1.54, 1.807) is 6.92 Å². The third kappa shape index (κ3) is 3.00. The molecule has 78 valence electrons. The molecule has 1 saturated carbocycles. The molecule has 0 aromatic carbocycles. The number of aliphatic hydroxyl groups is 1. The molecular weight excluding hydrogens is 180 g/mol. The first kappa shape index (κ1) is 11.0. The first-order chi connectivity index (χ1) is 6.63. The number of hydrogen-bond donors (Lipinski definition) is 1. The van der Waals surface area contributed by atoms with Crippen LogP contribution < -0.4 is 0 Å². The molecular formula is C11H16O3. The highest BCUT2D eigenvalue weighted by molar-refractivity contribution is 5.82. The maximum Gasteiger partial charge on any atom is 0.330 e. The summed E-state index contributed by atoms with van der Waals surface area (Å²) in [5, 5.41) is 9.50. The highest BCUT2D eigenvalue weighted by atomic mass is 16.5. The summed E-state index contributed by atoms with van der Waals surface area (Å²) in [6, 6.07) is 0. The van der Waals surface area contributed by atoms with Gasteiger partial charge in [0.1, 0.15) is 0 Å². The molecule has 0 radical (unpaired) electrons. The number of carbonyl (C=O) groups excluding carboxylic acids is 1. The molecule has 1 fully saturated rings. The molecule has 0 bridgehead atoms. The summed E-state index contributed by atoms with van der Waals surface area (Å²) >= 11 is 0. The van der Waals surface area contributed by atoms with E-state index in [9.17, 15) is 9.90 Å². The van der Waals surface area contributed by atoms with Gasteiger partial charge in [-0.3, -0.25) is 0 Å². The van der Waals surface area contributed by atoms with Gasteiger partial charge >= 0.3 is 5.97 Å². The minimum atomic E-state index is -0.496. The van der Waals surface area contributed by atoms with Gasteiger partial charge < -0.3 is 9.84 Å². The topological polar surface area (TPSA) is 46.5 Å². The summed E-state index contributed by atoms with van der Waals surface area (Å²) in [6.07, 6.45) is 3.06. The molecule has 0 spiro atoms. The van der Waals surface area contributed by atoms with E-state index in [-0.39, 0.29) is 5.97 Å². The van der Waals surface area contributed by atoms with Crippen molar-refractivity contribution >= 4 is 5.97 Å². The Morgan fingerprint density at radius 2 is 2.43 bits per heavy atom. The van der Waals surface area contributed by atoms with Crippen LogP contribution in [0.5, 0.6) is 0 Å². The fourth-order valence-corrected chi connectivity index (χ4v) is 1.46. The van der Waals surface area contributed by atoms with Gasteiger partial charge in [0.2, 0.25) is 0 Å². The van der Waals surface area contributed by atoms with Crippen molar-refractivity contribution in [2.75, 3.05) is 6.61 Å². The standard InChI is InChI=1S/C11H16O3/c1-3-14-11(13)7-9-5-4-8(2)10(12)6-9/h7,10,12H,2-6H2,1H3/b9-7-/t10-/m1/s1. The van der Waals surface area contributed by atoms with Crippen LogP contribution in [0.2, 0.25) is 0 Å². The average molecular weight is 196 g/mol. The van der Waals surface area contributed by atoms with Crippen molar-refractivity contribution < 1.29 is 14.6 Å². The number of rotatable bonds is 2. The second-order valence-corrected chi connectivity index (χ2v) is 3.43. The van der Waals surface area contributed by atoms with Gasteiger partial charge in [-0.1, -0.05) is 12.2 Å². The average Bonchev–Trinajstić information content (AvgIpc) is 2.12. The summed E-state index contributed by atoms with van der Waals surface area (Å²) in [5.74, 6) is -0.317. The van der Waals surface area contributed by atoms with Gasteiger partial charge in [0.25, 0.3) is 0 Å². The van der Waals surface area contributed by atoms with Gasteiger partial charge in [0.15, 0.2) is 0 Å². The van der Waals surface area contributed by atoms with Crippen molar-refractivity contribution in [1.29, 1.82) is 0 Å². The van der Waals surface area contributed by atoms with Crippen LogP contribution in [-0.2, 0) is 9.53 Å². The van der Waals surface area contributed by atoms with Crippen LogP contribution in [0.4, 0.5) is 0 Å². The Bertz CT molecular complexity index is 266. The molecule has 1 atom stereocenters. The van der Waals surface area contributed by atoms with Crippen LogP contribution in [0.15, 0.2) is 23.8 Å². The minimum absolute atomic E-state index is 0.317. The Morgan fingerprint density at radius 3 is 3.00 bits per heavy atom. The number of aliphatic hydroxyl groups excluding tert-OH is 1. The predicted molar refractivity (Wildman–Crippen MR) is 53.7 cm³/mol. The summed E-state index contributed by atoms with van der Waals surface area (Å²) in [7, 11) is 0. The van der Waals surface area contributed by atoms with E-state index < -0.39 is 6.10 Å². The molecule has 1 aliphatic carbocycles. The van der Waals surface area contributed by atoms with Crippen molar-refractivity contribution in [2.24, 2.45) is 0 Å². The van der Waals surface area contributed by atoms with Crippen LogP contribution in [0, 0.1) is 0 Å². The fourth-order valence-electron chi connectivity index (χ4n) is 1.46. The van der Waals surface area contributed by atoms with Crippen molar-refractivity contribution in [3.8, 4) is 0 Å². The molecule has 0 amide bonds. The van der Waals surface area contributed by atoms with Crippen molar-refractivity contribution in [3.63, 3.8) is 0 Å². The van der Waals surface area contributed by atoms with Crippen LogP contribution in [-0.4, -0.2) is 23.8 Å². The van der Waals surface area contributed by atoms with Crippen molar-refractivity contribution in [1.82, 2.24) is 0 Å². The molecule has 0 heterocycles. The minimum Gasteiger partial charge on any atom is -0.463 e. The maximum atomic E-state index is 11.1. The van der Waals surface area contributed by atoms with Gasteiger partial charge in [-0.25, -0.2) is 4.79 Å². The zero-order valence-corrected chi connectivity index (χ0v) is 8.45. The van der Waals surface area contributed by atoms with Gasteiger partial charge in [-0.05, 0) is 31.8 Å². The third-order valence-electron chi connectivity index (χ3n) is 2.30. The largest absolute Gasteiger partial charge is 0.463 e. The lowest BCUT2D eigenvalue weighted by atomic mass is 9.89. The molecule has 0 aliphatic heterocycles. The molecule has 1 aliphatic rings. The monoisotopic (exact) mass is 196 g/mol. The summed E-state index contributed by atoms with van der Waals surface area (Å²) in [6.45, 7) is 5.91. The lowest BCUT2D eigenvalue weighted by Gasteiger charge is -2.21. The summed E-state index contributed by atoms with van der Waals surface area (Å²) in [5.41, 5.74) is 1.80. The number of carbonyl (C=O) groups is 1. The second-order valence-electron chi connectivity index (χ2n) is 3.43. The summed E-state index contributed by atoms with van der Waals surface area (Å²) < 4.78 is 4.79. The van der Waals surface area contributed by atoms with Crippen molar-refractivity contribution in [3.05, 3.63) is 23.8 Å². The van der Waals surface area contributed by atoms with E-state index in [0.717, 1.165) is 24.0 Å². The van der Waals surface area contributed by atoms with Crippen LogP contribution in [0.25, 0.3) is 0 Å². The van der Waals surface area contributed by atoms with Gasteiger partial charge in [-0.2, -0.15) is 0 Å². The summed E-state index contributed by atoms with van der Waals surface area (Å²) in [4.78, 5) is 11.1. The number of ether oxygens (including phenoxy) is 1. The number of esters is 1. The molecule has 0 aromatic rings. The van der Waals surface area contributed by atoms with Gasteiger partial charge in [0.05, 0.1) is 12.7 Å². The first-order valence-corrected chi connectivity index (χ1v) is 4.85. The molecule has 0 unspecified atom stereocenters. The van der Waals surface area contributed by atoms with E-state index in [2.05, 4.69) is 6.58 Å².